The van der Waals surface area contributed by atoms with Crippen LogP contribution in [0.2, 0.25) is 0 Å². The summed E-state index contributed by atoms with van der Waals surface area (Å²) in [6, 6.07) is 11.3. The van der Waals surface area contributed by atoms with E-state index in [0.717, 1.165) is 10.0 Å². The second kappa shape index (κ2) is 6.87. The van der Waals surface area contributed by atoms with Crippen molar-refractivity contribution >= 4 is 15.9 Å². The van der Waals surface area contributed by atoms with Crippen molar-refractivity contribution in [3.05, 3.63) is 58.1 Å². The van der Waals surface area contributed by atoms with Crippen LogP contribution < -0.4 is 15.2 Å². The van der Waals surface area contributed by atoms with Crippen molar-refractivity contribution in [3.8, 4) is 11.5 Å². The number of methoxy groups -OCH3 is 1. The summed E-state index contributed by atoms with van der Waals surface area (Å²) in [4.78, 5) is 0. The molecule has 0 aliphatic carbocycles. The maximum absolute atomic E-state index is 12.3. The zero-order chi connectivity index (χ0) is 15.4. The van der Waals surface area contributed by atoms with Crippen molar-refractivity contribution in [3.63, 3.8) is 0 Å². The molecule has 0 fully saturated rings. The van der Waals surface area contributed by atoms with Gasteiger partial charge in [0.25, 0.3) is 0 Å². The van der Waals surface area contributed by atoms with Gasteiger partial charge < -0.3 is 15.2 Å². The van der Waals surface area contributed by atoms with Crippen molar-refractivity contribution in [2.75, 3.05) is 7.11 Å². The van der Waals surface area contributed by atoms with Gasteiger partial charge >= 0.3 is 6.61 Å². The summed E-state index contributed by atoms with van der Waals surface area (Å²) in [5, 5.41) is 0. The fourth-order valence-corrected chi connectivity index (χ4v) is 2.39. The molecular formula is C15H14BrF2NO2. The molecule has 0 aliphatic rings. The summed E-state index contributed by atoms with van der Waals surface area (Å²) in [5.74, 6) is 0.706. The van der Waals surface area contributed by atoms with Gasteiger partial charge in [0.05, 0.1) is 13.2 Å². The Kier molecular flexibility index (Phi) is 5.14. The second-order valence-corrected chi connectivity index (χ2v) is 5.23. The van der Waals surface area contributed by atoms with E-state index in [4.69, 9.17) is 10.5 Å². The molecule has 0 saturated heterocycles. The van der Waals surface area contributed by atoms with E-state index in [0.29, 0.717) is 11.3 Å². The molecule has 1 unspecified atom stereocenters. The van der Waals surface area contributed by atoms with Crippen LogP contribution in [0.4, 0.5) is 8.78 Å². The van der Waals surface area contributed by atoms with Crippen LogP contribution >= 0.6 is 15.9 Å². The van der Waals surface area contributed by atoms with E-state index >= 15 is 0 Å². The molecule has 6 heteroatoms. The average molecular weight is 358 g/mol. The Bertz CT molecular complexity index is 622. The SMILES string of the molecule is COc1ccc(Br)cc1C(N)c1cccc(OC(F)F)c1. The molecule has 0 aromatic heterocycles. The number of alkyl halides is 2. The third-order valence-corrected chi connectivity index (χ3v) is 3.46. The summed E-state index contributed by atoms with van der Waals surface area (Å²) in [6.45, 7) is -2.86. The average Bonchev–Trinajstić information content (AvgIpc) is 2.46. The Hall–Kier alpha value is -1.66. The fraction of sp³-hybridized carbons (Fsp3) is 0.200. The maximum atomic E-state index is 12.3. The Labute approximate surface area is 129 Å². The summed E-state index contributed by atoms with van der Waals surface area (Å²) >= 11 is 3.38. The molecule has 0 radical (unpaired) electrons. The van der Waals surface area contributed by atoms with Gasteiger partial charge in [0.1, 0.15) is 11.5 Å². The van der Waals surface area contributed by atoms with Gasteiger partial charge in [-0.05, 0) is 35.9 Å². The molecule has 0 aliphatic heterocycles. The molecule has 0 spiro atoms. The number of rotatable bonds is 5. The Morgan fingerprint density at radius 3 is 2.57 bits per heavy atom. The fourth-order valence-electron chi connectivity index (χ4n) is 2.01. The highest BCUT2D eigenvalue weighted by molar-refractivity contribution is 9.10. The third-order valence-electron chi connectivity index (χ3n) is 2.97. The van der Waals surface area contributed by atoms with Crippen LogP contribution in [0.5, 0.6) is 11.5 Å². The quantitative estimate of drug-likeness (QED) is 0.875. The van der Waals surface area contributed by atoms with E-state index in [1.165, 1.54) is 12.1 Å². The topological polar surface area (TPSA) is 44.5 Å². The largest absolute Gasteiger partial charge is 0.496 e. The first-order valence-electron chi connectivity index (χ1n) is 6.15. The molecule has 112 valence electrons. The summed E-state index contributed by atoms with van der Waals surface area (Å²) < 4.78 is 35.1. The van der Waals surface area contributed by atoms with Gasteiger partial charge in [0.2, 0.25) is 0 Å². The van der Waals surface area contributed by atoms with Crippen LogP contribution in [0.25, 0.3) is 0 Å². The number of nitrogens with two attached hydrogens (primary N) is 1. The Morgan fingerprint density at radius 2 is 1.90 bits per heavy atom. The number of hydrogen-bond donors (Lipinski definition) is 1. The lowest BCUT2D eigenvalue weighted by Gasteiger charge is -2.17. The predicted molar refractivity (Wildman–Crippen MR) is 79.8 cm³/mol. The normalized spacial score (nSPS) is 12.3. The van der Waals surface area contributed by atoms with Crippen molar-refractivity contribution in [2.45, 2.75) is 12.7 Å². The molecule has 2 N–H and O–H groups in total. The van der Waals surface area contributed by atoms with E-state index in [1.807, 2.05) is 12.1 Å². The lowest BCUT2D eigenvalue weighted by Crippen LogP contribution is -2.13. The highest BCUT2D eigenvalue weighted by Gasteiger charge is 2.16. The molecule has 2 aromatic rings. The zero-order valence-corrected chi connectivity index (χ0v) is 12.8. The first-order valence-corrected chi connectivity index (χ1v) is 6.94. The van der Waals surface area contributed by atoms with Crippen LogP contribution in [0.1, 0.15) is 17.2 Å². The van der Waals surface area contributed by atoms with E-state index in [2.05, 4.69) is 20.7 Å². The predicted octanol–water partition coefficient (Wildman–Crippen LogP) is 4.11. The molecule has 1 atom stereocenters. The minimum absolute atomic E-state index is 0.0758. The number of ether oxygens (including phenoxy) is 2. The first-order chi connectivity index (χ1) is 10.0. The lowest BCUT2D eigenvalue weighted by atomic mass is 9.98. The van der Waals surface area contributed by atoms with Gasteiger partial charge in [-0.2, -0.15) is 8.78 Å². The van der Waals surface area contributed by atoms with Gasteiger partial charge in [-0.3, -0.25) is 0 Å². The Balaban J connectivity index is 2.35. The molecule has 0 bridgehead atoms. The smallest absolute Gasteiger partial charge is 0.387 e. The van der Waals surface area contributed by atoms with E-state index in [1.54, 1.807) is 25.3 Å². The molecule has 2 rings (SSSR count). The van der Waals surface area contributed by atoms with E-state index in [-0.39, 0.29) is 5.75 Å². The van der Waals surface area contributed by atoms with Crippen molar-refractivity contribution in [2.24, 2.45) is 5.73 Å². The van der Waals surface area contributed by atoms with Gasteiger partial charge in [-0.15, -0.1) is 0 Å². The van der Waals surface area contributed by atoms with Crippen molar-refractivity contribution in [1.82, 2.24) is 0 Å². The summed E-state index contributed by atoms with van der Waals surface area (Å²) in [5.41, 5.74) is 7.63. The molecule has 0 saturated carbocycles. The minimum Gasteiger partial charge on any atom is -0.496 e. The van der Waals surface area contributed by atoms with Crippen LogP contribution in [0.15, 0.2) is 46.9 Å². The summed E-state index contributed by atoms with van der Waals surface area (Å²) in [6.07, 6.45) is 0. The zero-order valence-electron chi connectivity index (χ0n) is 11.2. The van der Waals surface area contributed by atoms with Crippen molar-refractivity contribution in [1.29, 1.82) is 0 Å². The molecular weight excluding hydrogens is 344 g/mol. The second-order valence-electron chi connectivity index (χ2n) is 4.31. The van der Waals surface area contributed by atoms with Gasteiger partial charge in [-0.25, -0.2) is 0 Å². The monoisotopic (exact) mass is 357 g/mol. The highest BCUT2D eigenvalue weighted by Crippen LogP contribution is 2.32. The van der Waals surface area contributed by atoms with Crippen LogP contribution in [-0.2, 0) is 0 Å². The number of benzene rings is 2. The molecule has 3 nitrogen and oxygen atoms in total. The van der Waals surface area contributed by atoms with Crippen LogP contribution in [-0.4, -0.2) is 13.7 Å². The number of halogens is 3. The van der Waals surface area contributed by atoms with Crippen molar-refractivity contribution < 1.29 is 18.3 Å². The molecule has 0 heterocycles. The molecule has 0 amide bonds. The van der Waals surface area contributed by atoms with E-state index in [9.17, 15) is 8.78 Å². The maximum Gasteiger partial charge on any atom is 0.387 e. The molecule has 21 heavy (non-hydrogen) atoms. The standard InChI is InChI=1S/C15H14BrF2NO2/c1-20-13-6-5-10(16)8-12(13)14(19)9-3-2-4-11(7-9)21-15(17)18/h2-8,14-15H,19H2,1H3. The Morgan fingerprint density at radius 1 is 1.14 bits per heavy atom. The highest BCUT2D eigenvalue weighted by atomic mass is 79.9. The summed E-state index contributed by atoms with van der Waals surface area (Å²) in [7, 11) is 1.55. The van der Waals surface area contributed by atoms with E-state index < -0.39 is 12.7 Å². The van der Waals surface area contributed by atoms with Gasteiger partial charge in [0.15, 0.2) is 0 Å². The minimum atomic E-state index is -2.86. The third kappa shape index (κ3) is 3.92. The first kappa shape index (κ1) is 15.7. The van der Waals surface area contributed by atoms with Gasteiger partial charge in [-0.1, -0.05) is 28.1 Å². The lowest BCUT2D eigenvalue weighted by molar-refractivity contribution is -0.0498. The molecule has 2 aromatic carbocycles. The van der Waals surface area contributed by atoms with Crippen LogP contribution in [0.3, 0.4) is 0 Å². The van der Waals surface area contributed by atoms with Crippen LogP contribution in [0, 0.1) is 0 Å². The van der Waals surface area contributed by atoms with Gasteiger partial charge in [0, 0.05) is 10.0 Å². The number of hydrogen-bond acceptors (Lipinski definition) is 3.